The molecule has 2 unspecified atom stereocenters. The summed E-state index contributed by atoms with van der Waals surface area (Å²) in [5.41, 5.74) is 2.10. The van der Waals surface area contributed by atoms with Gasteiger partial charge in [0.05, 0.1) is 6.61 Å². The highest BCUT2D eigenvalue weighted by Crippen LogP contribution is 2.33. The van der Waals surface area contributed by atoms with Crippen molar-refractivity contribution < 1.29 is 5.11 Å². The Labute approximate surface area is 97.1 Å². The van der Waals surface area contributed by atoms with Crippen LogP contribution >= 0.6 is 0 Å². The second-order valence-electron chi connectivity index (χ2n) is 4.56. The molecule has 88 valence electrons. The van der Waals surface area contributed by atoms with E-state index in [2.05, 4.69) is 23.7 Å². The first kappa shape index (κ1) is 11.4. The molecule has 16 heavy (non-hydrogen) atoms. The number of hydrogen-bond acceptors (Lipinski definition) is 3. The maximum absolute atomic E-state index is 9.36. The molecule has 2 heterocycles. The lowest BCUT2D eigenvalue weighted by Crippen LogP contribution is -2.34. The van der Waals surface area contributed by atoms with Crippen molar-refractivity contribution in [2.45, 2.75) is 51.8 Å². The second-order valence-corrected chi connectivity index (χ2v) is 4.56. The third-order valence-corrected chi connectivity index (χ3v) is 3.58. The lowest BCUT2D eigenvalue weighted by Gasteiger charge is -2.31. The largest absolute Gasteiger partial charge is 0.392 e. The molecular weight excluding hydrogens is 200 g/mol. The first-order chi connectivity index (χ1) is 7.77. The summed E-state index contributed by atoms with van der Waals surface area (Å²) in [5.74, 6) is 0. The quantitative estimate of drug-likeness (QED) is 0.849. The van der Waals surface area contributed by atoms with E-state index in [-0.39, 0.29) is 6.61 Å². The fourth-order valence-corrected chi connectivity index (χ4v) is 2.70. The van der Waals surface area contributed by atoms with Gasteiger partial charge in [-0.25, -0.2) is 0 Å². The van der Waals surface area contributed by atoms with Crippen LogP contribution in [0.15, 0.2) is 18.5 Å². The van der Waals surface area contributed by atoms with Crippen LogP contribution in [0.4, 0.5) is 5.69 Å². The Hall–Kier alpha value is -1.09. The topological polar surface area (TPSA) is 36.4 Å². The fraction of sp³-hybridized carbons (Fsp3) is 0.615. The Kier molecular flexibility index (Phi) is 3.44. The minimum atomic E-state index is 0.0722. The minimum absolute atomic E-state index is 0.0722. The van der Waals surface area contributed by atoms with Gasteiger partial charge in [0.25, 0.3) is 0 Å². The summed E-state index contributed by atoms with van der Waals surface area (Å²) >= 11 is 0. The number of aliphatic hydroxyl groups is 1. The predicted molar refractivity (Wildman–Crippen MR) is 65.4 cm³/mol. The van der Waals surface area contributed by atoms with Crippen LogP contribution in [0.25, 0.3) is 0 Å². The molecule has 1 saturated heterocycles. The molecule has 0 aliphatic carbocycles. The lowest BCUT2D eigenvalue weighted by atomic mass is 10.1. The third-order valence-electron chi connectivity index (χ3n) is 3.58. The smallest absolute Gasteiger partial charge is 0.0717 e. The molecule has 2 rings (SSSR count). The summed E-state index contributed by atoms with van der Waals surface area (Å²) in [7, 11) is 0. The first-order valence-corrected chi connectivity index (χ1v) is 6.10. The summed E-state index contributed by atoms with van der Waals surface area (Å²) < 4.78 is 0. The Morgan fingerprint density at radius 1 is 1.50 bits per heavy atom. The van der Waals surface area contributed by atoms with Crippen LogP contribution in [0.5, 0.6) is 0 Å². The van der Waals surface area contributed by atoms with Crippen LogP contribution in [-0.4, -0.2) is 22.2 Å². The molecule has 0 radical (unpaired) electrons. The Morgan fingerprint density at radius 2 is 2.31 bits per heavy atom. The average Bonchev–Trinajstić information content (AvgIpc) is 2.70. The standard InChI is InChI=1S/C13H20N2O/c1-3-12-5-4-10(2)15(12)13-6-7-14-8-11(13)9-16/h6-8,10,12,16H,3-5,9H2,1-2H3. The summed E-state index contributed by atoms with van der Waals surface area (Å²) in [5, 5.41) is 9.36. The van der Waals surface area contributed by atoms with Crippen molar-refractivity contribution in [2.24, 2.45) is 0 Å². The fourth-order valence-electron chi connectivity index (χ4n) is 2.70. The van der Waals surface area contributed by atoms with Crippen molar-refractivity contribution in [3.63, 3.8) is 0 Å². The molecule has 1 aromatic rings. The van der Waals surface area contributed by atoms with E-state index >= 15 is 0 Å². The van der Waals surface area contributed by atoms with Gasteiger partial charge in [-0.05, 0) is 32.3 Å². The van der Waals surface area contributed by atoms with Gasteiger partial charge in [0.2, 0.25) is 0 Å². The molecule has 0 aromatic carbocycles. The van der Waals surface area contributed by atoms with Gasteiger partial charge in [-0.2, -0.15) is 0 Å². The zero-order chi connectivity index (χ0) is 11.5. The Morgan fingerprint density at radius 3 is 3.00 bits per heavy atom. The number of anilines is 1. The number of pyridine rings is 1. The Bertz CT molecular complexity index is 354. The molecular formula is C13H20N2O. The van der Waals surface area contributed by atoms with Gasteiger partial charge in [-0.1, -0.05) is 6.92 Å². The van der Waals surface area contributed by atoms with Crippen LogP contribution < -0.4 is 4.90 Å². The lowest BCUT2D eigenvalue weighted by molar-refractivity contribution is 0.281. The van der Waals surface area contributed by atoms with E-state index in [4.69, 9.17) is 0 Å². The molecule has 1 N–H and O–H groups in total. The van der Waals surface area contributed by atoms with Crippen LogP contribution in [0.1, 0.15) is 38.7 Å². The van der Waals surface area contributed by atoms with E-state index in [1.165, 1.54) is 12.8 Å². The zero-order valence-corrected chi connectivity index (χ0v) is 10.1. The molecule has 3 nitrogen and oxygen atoms in total. The van der Waals surface area contributed by atoms with E-state index in [9.17, 15) is 5.11 Å². The summed E-state index contributed by atoms with van der Waals surface area (Å²) in [4.78, 5) is 6.53. The normalized spacial score (nSPS) is 25.1. The highest BCUT2D eigenvalue weighted by molar-refractivity contribution is 5.54. The van der Waals surface area contributed by atoms with Crippen molar-refractivity contribution in [1.82, 2.24) is 4.98 Å². The molecule has 0 spiro atoms. The van der Waals surface area contributed by atoms with Crippen LogP contribution in [0.3, 0.4) is 0 Å². The molecule has 0 bridgehead atoms. The Balaban J connectivity index is 2.34. The summed E-state index contributed by atoms with van der Waals surface area (Å²) in [6.45, 7) is 4.57. The molecule has 0 saturated carbocycles. The van der Waals surface area contributed by atoms with Gasteiger partial charge in [-0.15, -0.1) is 0 Å². The van der Waals surface area contributed by atoms with Gasteiger partial charge >= 0.3 is 0 Å². The number of aliphatic hydroxyl groups excluding tert-OH is 1. The summed E-state index contributed by atoms with van der Waals surface area (Å²) in [6.07, 6.45) is 7.24. The molecule has 1 fully saturated rings. The van der Waals surface area contributed by atoms with Crippen molar-refractivity contribution in [1.29, 1.82) is 0 Å². The van der Waals surface area contributed by atoms with Crippen LogP contribution in [0.2, 0.25) is 0 Å². The monoisotopic (exact) mass is 220 g/mol. The van der Waals surface area contributed by atoms with Gasteiger partial charge < -0.3 is 10.0 Å². The van der Waals surface area contributed by atoms with Gasteiger partial charge in [0.1, 0.15) is 0 Å². The zero-order valence-electron chi connectivity index (χ0n) is 10.1. The van der Waals surface area contributed by atoms with Crippen LogP contribution in [-0.2, 0) is 6.61 Å². The molecule has 0 amide bonds. The van der Waals surface area contributed by atoms with Gasteiger partial charge in [0.15, 0.2) is 0 Å². The van der Waals surface area contributed by atoms with Gasteiger partial charge in [-0.3, -0.25) is 4.98 Å². The SMILES string of the molecule is CCC1CCC(C)N1c1ccncc1CO. The van der Waals surface area contributed by atoms with Crippen molar-refractivity contribution in [3.05, 3.63) is 24.0 Å². The van der Waals surface area contributed by atoms with Crippen molar-refractivity contribution in [2.75, 3.05) is 4.90 Å². The number of nitrogens with zero attached hydrogens (tertiary/aromatic N) is 2. The maximum atomic E-state index is 9.36. The molecule has 3 heteroatoms. The average molecular weight is 220 g/mol. The first-order valence-electron chi connectivity index (χ1n) is 6.10. The maximum Gasteiger partial charge on any atom is 0.0717 e. The van der Waals surface area contributed by atoms with E-state index in [0.717, 1.165) is 17.7 Å². The van der Waals surface area contributed by atoms with Crippen molar-refractivity contribution in [3.8, 4) is 0 Å². The summed E-state index contributed by atoms with van der Waals surface area (Å²) in [6, 6.07) is 3.20. The molecule has 1 aromatic heterocycles. The molecule has 1 aliphatic rings. The van der Waals surface area contributed by atoms with E-state index in [1.807, 2.05) is 12.3 Å². The van der Waals surface area contributed by atoms with Crippen molar-refractivity contribution >= 4 is 5.69 Å². The number of aromatic nitrogens is 1. The molecule has 2 atom stereocenters. The molecule has 1 aliphatic heterocycles. The van der Waals surface area contributed by atoms with E-state index < -0.39 is 0 Å². The predicted octanol–water partition coefficient (Wildman–Crippen LogP) is 2.34. The highest BCUT2D eigenvalue weighted by Gasteiger charge is 2.30. The van der Waals surface area contributed by atoms with E-state index in [1.54, 1.807) is 6.20 Å². The number of hydrogen-bond donors (Lipinski definition) is 1. The van der Waals surface area contributed by atoms with Crippen LogP contribution in [0, 0.1) is 0 Å². The van der Waals surface area contributed by atoms with Gasteiger partial charge in [0, 0.05) is 35.7 Å². The minimum Gasteiger partial charge on any atom is -0.392 e. The number of rotatable bonds is 3. The second kappa shape index (κ2) is 4.83. The van der Waals surface area contributed by atoms with E-state index in [0.29, 0.717) is 12.1 Å². The highest BCUT2D eigenvalue weighted by atomic mass is 16.3. The third kappa shape index (κ3) is 1.92.